The van der Waals surface area contributed by atoms with Crippen molar-refractivity contribution in [1.29, 1.82) is 0 Å². The summed E-state index contributed by atoms with van der Waals surface area (Å²) in [4.78, 5) is 21.9. The summed E-state index contributed by atoms with van der Waals surface area (Å²) in [6.45, 7) is 6.50. The van der Waals surface area contributed by atoms with Crippen molar-refractivity contribution in [2.24, 2.45) is 0 Å². The first kappa shape index (κ1) is 13.2. The molecular weight excluding hydrogens is 208 g/mol. The van der Waals surface area contributed by atoms with Crippen LogP contribution >= 0.6 is 11.6 Å². The maximum atomic E-state index is 11.4. The van der Waals surface area contributed by atoms with Gasteiger partial charge in [0.2, 0.25) is 5.60 Å². The average Bonchev–Trinajstić information content (AvgIpc) is 2.01. The van der Waals surface area contributed by atoms with E-state index in [1.807, 2.05) is 6.92 Å². The standard InChI is InChI=1S/C9H15ClO4/c1-5-6(2)13-7(11)9(3,4)14-8(10)12/h6H,5H2,1-4H3. The Morgan fingerprint density at radius 3 is 2.29 bits per heavy atom. The highest BCUT2D eigenvalue weighted by Crippen LogP contribution is 2.15. The summed E-state index contributed by atoms with van der Waals surface area (Å²) in [6.07, 6.45) is 0.507. The molecule has 0 spiro atoms. The normalized spacial score (nSPS) is 13.2. The first-order valence-electron chi connectivity index (χ1n) is 4.39. The molecule has 82 valence electrons. The summed E-state index contributed by atoms with van der Waals surface area (Å²) < 4.78 is 9.59. The summed E-state index contributed by atoms with van der Waals surface area (Å²) in [7, 11) is 0. The smallest absolute Gasteiger partial charge is 0.404 e. The number of esters is 1. The van der Waals surface area contributed by atoms with Gasteiger partial charge in [0.15, 0.2) is 0 Å². The van der Waals surface area contributed by atoms with Gasteiger partial charge < -0.3 is 9.47 Å². The number of halogens is 1. The van der Waals surface area contributed by atoms with Gasteiger partial charge >= 0.3 is 11.4 Å². The molecule has 0 aromatic rings. The molecule has 4 nitrogen and oxygen atoms in total. The van der Waals surface area contributed by atoms with Crippen LogP contribution < -0.4 is 0 Å². The number of carbonyl (C=O) groups excluding carboxylic acids is 2. The van der Waals surface area contributed by atoms with E-state index in [-0.39, 0.29) is 6.10 Å². The maximum absolute atomic E-state index is 11.4. The van der Waals surface area contributed by atoms with E-state index < -0.39 is 17.0 Å². The molecule has 5 heteroatoms. The van der Waals surface area contributed by atoms with Crippen LogP contribution in [0.3, 0.4) is 0 Å². The Labute approximate surface area is 88.5 Å². The van der Waals surface area contributed by atoms with E-state index in [1.54, 1.807) is 6.92 Å². The Balaban J connectivity index is 4.28. The van der Waals surface area contributed by atoms with E-state index >= 15 is 0 Å². The summed E-state index contributed by atoms with van der Waals surface area (Å²) in [6, 6.07) is 0. The van der Waals surface area contributed by atoms with Crippen molar-refractivity contribution >= 4 is 23.0 Å². The summed E-state index contributed by atoms with van der Waals surface area (Å²) >= 11 is 5.01. The number of rotatable bonds is 4. The molecule has 0 saturated heterocycles. The fraction of sp³-hybridized carbons (Fsp3) is 0.778. The van der Waals surface area contributed by atoms with Crippen LogP contribution in [0.25, 0.3) is 0 Å². The molecule has 1 atom stereocenters. The zero-order valence-electron chi connectivity index (χ0n) is 8.80. The maximum Gasteiger partial charge on any atom is 0.404 e. The Morgan fingerprint density at radius 1 is 1.43 bits per heavy atom. The molecule has 0 aliphatic heterocycles. The molecule has 0 N–H and O–H groups in total. The van der Waals surface area contributed by atoms with Gasteiger partial charge in [0, 0.05) is 11.6 Å². The molecule has 0 amide bonds. The van der Waals surface area contributed by atoms with Crippen molar-refractivity contribution in [3.63, 3.8) is 0 Å². The van der Waals surface area contributed by atoms with Gasteiger partial charge in [-0.15, -0.1) is 0 Å². The number of hydrogen-bond acceptors (Lipinski definition) is 4. The lowest BCUT2D eigenvalue weighted by molar-refractivity contribution is -0.166. The zero-order valence-corrected chi connectivity index (χ0v) is 9.55. The second-order valence-corrected chi connectivity index (χ2v) is 3.78. The summed E-state index contributed by atoms with van der Waals surface area (Å²) in [5, 5.41) is 0. The van der Waals surface area contributed by atoms with Gasteiger partial charge in [-0.2, -0.15) is 0 Å². The highest BCUT2D eigenvalue weighted by Gasteiger charge is 2.34. The van der Waals surface area contributed by atoms with E-state index in [1.165, 1.54) is 13.8 Å². The molecule has 0 radical (unpaired) electrons. The Kier molecular flexibility index (Phi) is 4.91. The second kappa shape index (κ2) is 5.20. The van der Waals surface area contributed by atoms with Crippen molar-refractivity contribution in [2.75, 3.05) is 0 Å². The van der Waals surface area contributed by atoms with Gasteiger partial charge in [0.05, 0.1) is 6.10 Å². The number of hydrogen-bond donors (Lipinski definition) is 0. The molecule has 0 aromatic heterocycles. The van der Waals surface area contributed by atoms with E-state index in [0.717, 1.165) is 0 Å². The van der Waals surface area contributed by atoms with Crippen molar-refractivity contribution in [2.45, 2.75) is 45.8 Å². The molecule has 0 aliphatic carbocycles. The Hall–Kier alpha value is -0.770. The molecule has 0 aliphatic rings. The third-order valence-electron chi connectivity index (χ3n) is 1.71. The molecule has 0 bridgehead atoms. The molecule has 0 aromatic carbocycles. The van der Waals surface area contributed by atoms with E-state index in [0.29, 0.717) is 6.42 Å². The van der Waals surface area contributed by atoms with Crippen LogP contribution in [0.15, 0.2) is 0 Å². The van der Waals surface area contributed by atoms with Crippen LogP contribution in [0.1, 0.15) is 34.1 Å². The minimum atomic E-state index is -1.33. The van der Waals surface area contributed by atoms with Crippen LogP contribution in [0.4, 0.5) is 4.79 Å². The van der Waals surface area contributed by atoms with E-state index in [4.69, 9.17) is 16.3 Å². The Bertz CT molecular complexity index is 225. The first-order valence-corrected chi connectivity index (χ1v) is 4.77. The van der Waals surface area contributed by atoms with Crippen LogP contribution in [-0.2, 0) is 14.3 Å². The third kappa shape index (κ3) is 4.46. The summed E-state index contributed by atoms with van der Waals surface area (Å²) in [5.74, 6) is -0.596. The van der Waals surface area contributed by atoms with Crippen molar-refractivity contribution in [3.05, 3.63) is 0 Å². The Morgan fingerprint density at radius 2 is 1.93 bits per heavy atom. The predicted molar refractivity (Wildman–Crippen MR) is 52.3 cm³/mol. The van der Waals surface area contributed by atoms with Crippen molar-refractivity contribution in [1.82, 2.24) is 0 Å². The number of carbonyl (C=O) groups is 2. The van der Waals surface area contributed by atoms with Gasteiger partial charge in [-0.1, -0.05) is 6.92 Å². The minimum absolute atomic E-state index is 0.198. The molecule has 0 rings (SSSR count). The minimum Gasteiger partial charge on any atom is -0.460 e. The van der Waals surface area contributed by atoms with E-state index in [2.05, 4.69) is 4.74 Å². The van der Waals surface area contributed by atoms with Crippen LogP contribution in [-0.4, -0.2) is 23.1 Å². The monoisotopic (exact) mass is 222 g/mol. The number of ether oxygens (including phenoxy) is 2. The van der Waals surface area contributed by atoms with E-state index in [9.17, 15) is 9.59 Å². The summed E-state index contributed by atoms with van der Waals surface area (Å²) in [5.41, 5.74) is -2.35. The molecule has 1 unspecified atom stereocenters. The largest absolute Gasteiger partial charge is 0.460 e. The topological polar surface area (TPSA) is 52.6 Å². The third-order valence-corrected chi connectivity index (χ3v) is 1.79. The van der Waals surface area contributed by atoms with Crippen molar-refractivity contribution in [3.8, 4) is 0 Å². The fourth-order valence-corrected chi connectivity index (χ4v) is 0.843. The van der Waals surface area contributed by atoms with Crippen LogP contribution in [0, 0.1) is 0 Å². The second-order valence-electron chi connectivity index (χ2n) is 3.47. The molecule has 0 saturated carbocycles. The van der Waals surface area contributed by atoms with Gasteiger partial charge in [-0.05, 0) is 27.2 Å². The highest BCUT2D eigenvalue weighted by molar-refractivity contribution is 6.61. The van der Waals surface area contributed by atoms with Gasteiger partial charge in [-0.25, -0.2) is 9.59 Å². The molecular formula is C9H15ClO4. The van der Waals surface area contributed by atoms with Crippen LogP contribution in [0.5, 0.6) is 0 Å². The fourth-order valence-electron chi connectivity index (χ4n) is 0.650. The molecule has 0 heterocycles. The quantitative estimate of drug-likeness (QED) is 0.542. The van der Waals surface area contributed by atoms with Crippen molar-refractivity contribution < 1.29 is 19.1 Å². The van der Waals surface area contributed by atoms with Gasteiger partial charge in [0.25, 0.3) is 0 Å². The molecule has 14 heavy (non-hydrogen) atoms. The lowest BCUT2D eigenvalue weighted by atomic mass is 10.1. The SMILES string of the molecule is CCC(C)OC(=O)C(C)(C)OC(=O)Cl. The lowest BCUT2D eigenvalue weighted by Gasteiger charge is -2.23. The van der Waals surface area contributed by atoms with Gasteiger partial charge in [-0.3, -0.25) is 0 Å². The lowest BCUT2D eigenvalue weighted by Crippen LogP contribution is -2.39. The van der Waals surface area contributed by atoms with Crippen LogP contribution in [0.2, 0.25) is 0 Å². The first-order chi connectivity index (χ1) is 6.29. The van der Waals surface area contributed by atoms with Gasteiger partial charge in [0.1, 0.15) is 0 Å². The highest BCUT2D eigenvalue weighted by atomic mass is 35.5. The average molecular weight is 223 g/mol. The zero-order chi connectivity index (χ0) is 11.4. The predicted octanol–water partition coefficient (Wildman–Crippen LogP) is 2.48. The molecule has 0 fully saturated rings.